The van der Waals surface area contributed by atoms with E-state index in [1.807, 2.05) is 11.4 Å². The number of nitrogens with zero attached hydrogens (tertiary/aromatic N) is 3. The Hall–Kier alpha value is -2.80. The standard InChI is InChI=1S/C19H15FN4OS/c20-13-5-3-11(4-6-13)15-9-26-18-17(15)19(25)24(10-21-18)8-14-7-16(23-22-14)12-1-2-12/h3-7,9-10,12H,1-2,8H2,(H,22,23). The summed E-state index contributed by atoms with van der Waals surface area (Å²) >= 11 is 1.42. The van der Waals surface area contributed by atoms with Crippen LogP contribution >= 0.6 is 11.3 Å². The molecule has 0 amide bonds. The molecule has 0 aliphatic heterocycles. The van der Waals surface area contributed by atoms with Crippen molar-refractivity contribution in [2.75, 3.05) is 0 Å². The topological polar surface area (TPSA) is 63.6 Å². The van der Waals surface area contributed by atoms with Crippen LogP contribution in [0.15, 0.2) is 46.8 Å². The highest BCUT2D eigenvalue weighted by molar-refractivity contribution is 7.17. The molecule has 3 heterocycles. The van der Waals surface area contributed by atoms with Gasteiger partial charge in [-0.2, -0.15) is 5.10 Å². The molecule has 1 fully saturated rings. The molecule has 1 saturated carbocycles. The summed E-state index contributed by atoms with van der Waals surface area (Å²) < 4.78 is 14.8. The highest BCUT2D eigenvalue weighted by atomic mass is 32.1. The molecule has 5 rings (SSSR count). The maximum atomic E-state index is 13.2. The second-order valence-electron chi connectivity index (χ2n) is 6.61. The fraction of sp³-hybridized carbons (Fsp3) is 0.211. The third kappa shape index (κ3) is 2.64. The number of hydrogen-bond donors (Lipinski definition) is 1. The fourth-order valence-electron chi connectivity index (χ4n) is 3.15. The van der Waals surface area contributed by atoms with E-state index in [1.54, 1.807) is 23.0 Å². The summed E-state index contributed by atoms with van der Waals surface area (Å²) in [5, 5.41) is 9.83. The van der Waals surface area contributed by atoms with E-state index >= 15 is 0 Å². The van der Waals surface area contributed by atoms with E-state index < -0.39 is 0 Å². The number of aromatic nitrogens is 4. The number of hydrogen-bond acceptors (Lipinski definition) is 4. The van der Waals surface area contributed by atoms with Crippen molar-refractivity contribution in [1.29, 1.82) is 0 Å². The molecule has 4 aromatic rings. The van der Waals surface area contributed by atoms with Crippen molar-refractivity contribution in [1.82, 2.24) is 19.7 Å². The molecule has 130 valence electrons. The first-order valence-electron chi connectivity index (χ1n) is 8.46. The van der Waals surface area contributed by atoms with Crippen molar-refractivity contribution >= 4 is 21.6 Å². The van der Waals surface area contributed by atoms with Gasteiger partial charge in [-0.05, 0) is 36.6 Å². The number of fused-ring (bicyclic) bond motifs is 1. The van der Waals surface area contributed by atoms with Crippen molar-refractivity contribution in [3.05, 3.63) is 69.6 Å². The Morgan fingerprint density at radius 2 is 2.08 bits per heavy atom. The zero-order valence-electron chi connectivity index (χ0n) is 13.8. The number of rotatable bonds is 4. The quantitative estimate of drug-likeness (QED) is 0.595. The first kappa shape index (κ1) is 15.5. The Morgan fingerprint density at radius 1 is 1.27 bits per heavy atom. The van der Waals surface area contributed by atoms with Gasteiger partial charge in [-0.15, -0.1) is 11.3 Å². The molecule has 1 N–H and O–H groups in total. The second kappa shape index (κ2) is 5.88. The monoisotopic (exact) mass is 366 g/mol. The van der Waals surface area contributed by atoms with Crippen LogP contribution in [0.5, 0.6) is 0 Å². The van der Waals surface area contributed by atoms with Crippen LogP contribution in [-0.4, -0.2) is 19.7 Å². The Balaban J connectivity index is 1.56. The molecule has 5 nitrogen and oxygen atoms in total. The van der Waals surface area contributed by atoms with Crippen molar-refractivity contribution in [2.45, 2.75) is 25.3 Å². The van der Waals surface area contributed by atoms with Crippen molar-refractivity contribution in [2.24, 2.45) is 0 Å². The zero-order chi connectivity index (χ0) is 17.7. The lowest BCUT2D eigenvalue weighted by Gasteiger charge is -2.05. The van der Waals surface area contributed by atoms with E-state index in [4.69, 9.17) is 0 Å². The van der Waals surface area contributed by atoms with Crippen LogP contribution in [0, 0.1) is 5.82 Å². The highest BCUT2D eigenvalue weighted by Gasteiger charge is 2.26. The Kier molecular flexibility index (Phi) is 3.49. The molecule has 0 saturated heterocycles. The summed E-state index contributed by atoms with van der Waals surface area (Å²) in [5.41, 5.74) is 3.48. The maximum absolute atomic E-state index is 13.2. The zero-order valence-corrected chi connectivity index (χ0v) is 14.6. The summed E-state index contributed by atoms with van der Waals surface area (Å²) in [6.45, 7) is 0.403. The molecule has 1 aliphatic rings. The summed E-state index contributed by atoms with van der Waals surface area (Å²) in [4.78, 5) is 18.1. The second-order valence-corrected chi connectivity index (χ2v) is 7.46. The van der Waals surface area contributed by atoms with Crippen molar-refractivity contribution in [3.63, 3.8) is 0 Å². The largest absolute Gasteiger partial charge is 0.293 e. The molecule has 7 heteroatoms. The van der Waals surface area contributed by atoms with Gasteiger partial charge < -0.3 is 0 Å². The molecular formula is C19H15FN4OS. The first-order valence-corrected chi connectivity index (χ1v) is 9.34. The van der Waals surface area contributed by atoms with E-state index in [9.17, 15) is 9.18 Å². The van der Waals surface area contributed by atoms with Crippen molar-refractivity contribution < 1.29 is 4.39 Å². The van der Waals surface area contributed by atoms with Crippen molar-refractivity contribution in [3.8, 4) is 11.1 Å². The smallest absolute Gasteiger partial charge is 0.263 e. The average molecular weight is 366 g/mol. The molecule has 1 aliphatic carbocycles. The van der Waals surface area contributed by atoms with E-state index in [-0.39, 0.29) is 11.4 Å². The van der Waals surface area contributed by atoms with E-state index in [1.165, 1.54) is 36.3 Å². The van der Waals surface area contributed by atoms with Gasteiger partial charge in [0.15, 0.2) is 0 Å². The normalized spacial score (nSPS) is 14.2. The van der Waals surface area contributed by atoms with Crippen LogP contribution in [0.25, 0.3) is 21.3 Å². The molecule has 0 spiro atoms. The van der Waals surface area contributed by atoms with E-state index in [0.29, 0.717) is 22.7 Å². The Morgan fingerprint density at radius 3 is 2.85 bits per heavy atom. The van der Waals surface area contributed by atoms with Gasteiger partial charge in [0.2, 0.25) is 0 Å². The number of nitrogens with one attached hydrogen (secondary N) is 1. The molecule has 0 unspecified atom stereocenters. The van der Waals surface area contributed by atoms with Crippen LogP contribution in [0.2, 0.25) is 0 Å². The molecule has 0 bridgehead atoms. The predicted molar refractivity (Wildman–Crippen MR) is 98.9 cm³/mol. The van der Waals surface area contributed by atoms with Gasteiger partial charge in [-0.1, -0.05) is 12.1 Å². The average Bonchev–Trinajstić information content (AvgIpc) is 3.23. The highest BCUT2D eigenvalue weighted by Crippen LogP contribution is 2.39. The lowest BCUT2D eigenvalue weighted by molar-refractivity contribution is 0.628. The third-order valence-electron chi connectivity index (χ3n) is 4.70. The Bertz CT molecular complexity index is 1150. The van der Waals surface area contributed by atoms with Gasteiger partial charge in [0.1, 0.15) is 10.6 Å². The number of thiophene rings is 1. The van der Waals surface area contributed by atoms with E-state index in [2.05, 4.69) is 15.2 Å². The maximum Gasteiger partial charge on any atom is 0.263 e. The summed E-state index contributed by atoms with van der Waals surface area (Å²) in [6, 6.07) is 8.20. The van der Waals surface area contributed by atoms with Crippen LogP contribution in [0.3, 0.4) is 0 Å². The molecular weight excluding hydrogens is 351 g/mol. The first-order chi connectivity index (χ1) is 12.7. The number of aromatic amines is 1. The number of halogens is 1. The van der Waals surface area contributed by atoms with Gasteiger partial charge in [-0.25, -0.2) is 9.37 Å². The minimum Gasteiger partial charge on any atom is -0.293 e. The SMILES string of the molecule is O=c1c2c(-c3ccc(F)cc3)csc2ncn1Cc1cc(C2CC2)n[nH]1. The van der Waals surface area contributed by atoms with Crippen LogP contribution < -0.4 is 5.56 Å². The number of H-pyrrole nitrogens is 1. The molecule has 0 radical (unpaired) electrons. The molecule has 26 heavy (non-hydrogen) atoms. The molecule has 1 aromatic carbocycles. The summed E-state index contributed by atoms with van der Waals surface area (Å²) in [5.74, 6) is 0.272. The lowest BCUT2D eigenvalue weighted by atomic mass is 10.1. The third-order valence-corrected chi connectivity index (χ3v) is 5.59. The Labute approximate surface area is 152 Å². The van der Waals surface area contributed by atoms with Crippen LogP contribution in [0.4, 0.5) is 4.39 Å². The van der Waals surface area contributed by atoms with Gasteiger partial charge in [-0.3, -0.25) is 14.5 Å². The van der Waals surface area contributed by atoms with Gasteiger partial charge in [0, 0.05) is 16.9 Å². The number of benzene rings is 1. The van der Waals surface area contributed by atoms with Gasteiger partial charge in [0.25, 0.3) is 5.56 Å². The summed E-state index contributed by atoms with van der Waals surface area (Å²) in [7, 11) is 0. The fourth-order valence-corrected chi connectivity index (χ4v) is 4.06. The molecule has 3 aromatic heterocycles. The van der Waals surface area contributed by atoms with Gasteiger partial charge in [0.05, 0.1) is 29.6 Å². The van der Waals surface area contributed by atoms with Crippen LogP contribution in [0.1, 0.15) is 30.1 Å². The summed E-state index contributed by atoms with van der Waals surface area (Å²) in [6.07, 6.45) is 3.95. The molecule has 0 atom stereocenters. The lowest BCUT2D eigenvalue weighted by Crippen LogP contribution is -2.21. The minimum absolute atomic E-state index is 0.0989. The predicted octanol–water partition coefficient (Wildman–Crippen LogP) is 3.91. The minimum atomic E-state index is -0.297. The van der Waals surface area contributed by atoms with Gasteiger partial charge >= 0.3 is 0 Å². The van der Waals surface area contributed by atoms with Crippen LogP contribution in [-0.2, 0) is 6.54 Å². The van der Waals surface area contributed by atoms with E-state index in [0.717, 1.165) is 22.5 Å².